The van der Waals surface area contributed by atoms with Crippen LogP contribution in [0.4, 0.5) is 17.6 Å². The van der Waals surface area contributed by atoms with Gasteiger partial charge in [0.2, 0.25) is 0 Å². The largest absolute Gasteiger partial charge is 0.416 e. The lowest BCUT2D eigenvalue weighted by Crippen LogP contribution is -2.53. The number of ether oxygens (including phenoxy) is 1. The molecule has 4 nitrogen and oxygen atoms in total. The minimum atomic E-state index is -4.60. The van der Waals surface area contributed by atoms with Gasteiger partial charge >= 0.3 is 6.18 Å². The molecule has 2 heterocycles. The fraction of sp³-hybridized carbons (Fsp3) is 0.409. The molecule has 2 aliphatic heterocycles. The van der Waals surface area contributed by atoms with E-state index < -0.39 is 23.1 Å². The highest BCUT2D eigenvalue weighted by Gasteiger charge is 2.37. The first-order valence-corrected chi connectivity index (χ1v) is 9.67. The van der Waals surface area contributed by atoms with E-state index >= 15 is 0 Å². The summed E-state index contributed by atoms with van der Waals surface area (Å²) >= 11 is 0. The zero-order valence-corrected chi connectivity index (χ0v) is 16.6. The summed E-state index contributed by atoms with van der Waals surface area (Å²) in [5.41, 5.74) is 1.29. The van der Waals surface area contributed by atoms with Crippen LogP contribution in [-0.4, -0.2) is 29.5 Å². The molecule has 160 valence electrons. The van der Waals surface area contributed by atoms with Crippen LogP contribution in [0.2, 0.25) is 0 Å². The SMILES string of the molecule is CC1(C)CO[C@H](c2ccc3c(c2)CNC3=O)CN1Cc1cc(F)cc(C(F)(F)F)c1. The van der Waals surface area contributed by atoms with Crippen molar-refractivity contribution < 1.29 is 27.1 Å². The first-order chi connectivity index (χ1) is 14.0. The maximum Gasteiger partial charge on any atom is 0.416 e. The molecule has 30 heavy (non-hydrogen) atoms. The number of alkyl halides is 3. The minimum Gasteiger partial charge on any atom is -0.370 e. The van der Waals surface area contributed by atoms with Crippen molar-refractivity contribution >= 4 is 5.91 Å². The van der Waals surface area contributed by atoms with E-state index in [0.29, 0.717) is 31.3 Å². The van der Waals surface area contributed by atoms with Crippen molar-refractivity contribution in [3.05, 3.63) is 70.0 Å². The second kappa shape index (κ2) is 7.35. The number of rotatable bonds is 3. The third kappa shape index (κ3) is 4.06. The predicted octanol–water partition coefficient (Wildman–Crippen LogP) is 4.44. The molecule has 0 saturated carbocycles. The Morgan fingerprint density at radius 3 is 2.70 bits per heavy atom. The molecular weight excluding hydrogens is 400 g/mol. The molecule has 1 fully saturated rings. The van der Waals surface area contributed by atoms with E-state index in [0.717, 1.165) is 23.3 Å². The average Bonchev–Trinajstić information content (AvgIpc) is 3.03. The molecule has 1 N–H and O–H groups in total. The third-order valence-electron chi connectivity index (χ3n) is 5.72. The lowest BCUT2D eigenvalue weighted by atomic mass is 9.95. The van der Waals surface area contributed by atoms with Gasteiger partial charge in [-0.1, -0.05) is 12.1 Å². The molecule has 0 spiro atoms. The van der Waals surface area contributed by atoms with Crippen LogP contribution in [0.1, 0.15) is 52.6 Å². The average molecular weight is 422 g/mol. The second-order valence-corrected chi connectivity index (χ2v) is 8.44. The van der Waals surface area contributed by atoms with Crippen LogP contribution in [0.15, 0.2) is 36.4 Å². The number of morpholine rings is 1. The van der Waals surface area contributed by atoms with Crippen molar-refractivity contribution in [2.45, 2.75) is 44.8 Å². The van der Waals surface area contributed by atoms with Crippen molar-refractivity contribution in [3.8, 4) is 0 Å². The van der Waals surface area contributed by atoms with Crippen LogP contribution in [0.3, 0.4) is 0 Å². The molecule has 0 bridgehead atoms. The van der Waals surface area contributed by atoms with Crippen LogP contribution in [0, 0.1) is 5.82 Å². The van der Waals surface area contributed by atoms with Crippen molar-refractivity contribution in [1.29, 1.82) is 0 Å². The van der Waals surface area contributed by atoms with E-state index in [9.17, 15) is 22.4 Å². The van der Waals surface area contributed by atoms with E-state index in [1.54, 1.807) is 6.07 Å². The predicted molar refractivity (Wildman–Crippen MR) is 102 cm³/mol. The quantitative estimate of drug-likeness (QED) is 0.744. The van der Waals surface area contributed by atoms with Crippen LogP contribution in [0.5, 0.6) is 0 Å². The fourth-order valence-corrected chi connectivity index (χ4v) is 3.95. The number of nitrogens with one attached hydrogen (secondary N) is 1. The molecule has 0 aromatic heterocycles. The highest BCUT2D eigenvalue weighted by molar-refractivity contribution is 5.98. The first-order valence-electron chi connectivity index (χ1n) is 9.67. The van der Waals surface area contributed by atoms with E-state index in [2.05, 4.69) is 5.32 Å². The lowest BCUT2D eigenvalue weighted by Gasteiger charge is -2.45. The molecule has 8 heteroatoms. The van der Waals surface area contributed by atoms with E-state index in [1.165, 1.54) is 0 Å². The van der Waals surface area contributed by atoms with Gasteiger partial charge in [-0.05, 0) is 54.8 Å². The number of halogens is 4. The maximum absolute atomic E-state index is 13.8. The summed E-state index contributed by atoms with van der Waals surface area (Å²) in [5, 5.41) is 2.77. The van der Waals surface area contributed by atoms with Gasteiger partial charge in [0.1, 0.15) is 5.82 Å². The van der Waals surface area contributed by atoms with Gasteiger partial charge in [0.25, 0.3) is 5.91 Å². The molecule has 2 aromatic rings. The summed E-state index contributed by atoms with van der Waals surface area (Å²) in [7, 11) is 0. The normalized spacial score (nSPS) is 21.4. The molecule has 0 radical (unpaired) electrons. The van der Waals surface area contributed by atoms with Gasteiger partial charge in [-0.2, -0.15) is 13.2 Å². The number of amides is 1. The standard InChI is InChI=1S/C22H22F4N2O2/c1-21(2)12-30-19(14-3-4-18-15(7-14)9-27-20(18)29)11-28(21)10-13-5-16(22(24,25)26)8-17(23)6-13/h3-8,19H,9-12H2,1-2H3,(H,27,29)/t19-/m0/s1. The maximum atomic E-state index is 13.8. The highest BCUT2D eigenvalue weighted by Crippen LogP contribution is 2.35. The Hall–Kier alpha value is -2.45. The smallest absolute Gasteiger partial charge is 0.370 e. The Morgan fingerprint density at radius 2 is 1.97 bits per heavy atom. The van der Waals surface area contributed by atoms with Gasteiger partial charge in [0, 0.05) is 30.7 Å². The van der Waals surface area contributed by atoms with Crippen molar-refractivity contribution in [1.82, 2.24) is 10.2 Å². The first kappa shape index (κ1) is 20.8. The van der Waals surface area contributed by atoms with Crippen molar-refractivity contribution in [2.24, 2.45) is 0 Å². The Kier molecular flexibility index (Phi) is 5.10. The molecule has 2 aromatic carbocycles. The number of carbonyl (C=O) groups excluding carboxylic acids is 1. The molecule has 2 aliphatic rings. The summed E-state index contributed by atoms with van der Waals surface area (Å²) < 4.78 is 59.1. The van der Waals surface area contributed by atoms with Crippen LogP contribution >= 0.6 is 0 Å². The molecule has 0 aliphatic carbocycles. The molecular formula is C22H22F4N2O2. The number of fused-ring (bicyclic) bond motifs is 1. The van der Waals surface area contributed by atoms with Crippen molar-refractivity contribution in [3.63, 3.8) is 0 Å². The molecule has 1 amide bonds. The van der Waals surface area contributed by atoms with E-state index in [4.69, 9.17) is 4.74 Å². The lowest BCUT2D eigenvalue weighted by molar-refractivity contribution is -0.138. The van der Waals surface area contributed by atoms with Gasteiger partial charge in [-0.15, -0.1) is 0 Å². The van der Waals surface area contributed by atoms with E-state index in [-0.39, 0.29) is 24.1 Å². The number of nitrogens with zero attached hydrogens (tertiary/aromatic N) is 1. The Morgan fingerprint density at radius 1 is 1.20 bits per heavy atom. The minimum absolute atomic E-state index is 0.101. The summed E-state index contributed by atoms with van der Waals surface area (Å²) in [6, 6.07) is 8.19. The summed E-state index contributed by atoms with van der Waals surface area (Å²) in [6.45, 7) is 5.32. The number of hydrogen-bond donors (Lipinski definition) is 1. The van der Waals surface area contributed by atoms with Gasteiger partial charge in [-0.25, -0.2) is 4.39 Å². The van der Waals surface area contributed by atoms with Crippen molar-refractivity contribution in [2.75, 3.05) is 13.2 Å². The topological polar surface area (TPSA) is 41.6 Å². The second-order valence-electron chi connectivity index (χ2n) is 8.44. The van der Waals surface area contributed by atoms with Gasteiger partial charge in [-0.3, -0.25) is 9.69 Å². The van der Waals surface area contributed by atoms with Gasteiger partial charge in [0.15, 0.2) is 0 Å². The monoisotopic (exact) mass is 422 g/mol. The molecule has 1 atom stereocenters. The molecule has 0 unspecified atom stereocenters. The molecule has 1 saturated heterocycles. The van der Waals surface area contributed by atoms with Crippen LogP contribution in [-0.2, 0) is 24.0 Å². The summed E-state index contributed by atoms with van der Waals surface area (Å²) in [4.78, 5) is 13.8. The highest BCUT2D eigenvalue weighted by atomic mass is 19.4. The van der Waals surface area contributed by atoms with E-state index in [1.807, 2.05) is 30.9 Å². The zero-order valence-electron chi connectivity index (χ0n) is 16.6. The zero-order chi connectivity index (χ0) is 21.7. The Bertz CT molecular complexity index is 988. The third-order valence-corrected chi connectivity index (χ3v) is 5.72. The number of benzene rings is 2. The van der Waals surface area contributed by atoms with Gasteiger partial charge < -0.3 is 10.1 Å². The fourth-order valence-electron chi connectivity index (χ4n) is 3.95. The Labute approximate surface area is 171 Å². The van der Waals surface area contributed by atoms with Crippen LogP contribution in [0.25, 0.3) is 0 Å². The summed E-state index contributed by atoms with van der Waals surface area (Å²) in [6.07, 6.45) is -4.90. The number of hydrogen-bond acceptors (Lipinski definition) is 3. The van der Waals surface area contributed by atoms with Crippen LogP contribution < -0.4 is 5.32 Å². The Balaban J connectivity index is 1.57. The molecule has 4 rings (SSSR count). The van der Waals surface area contributed by atoms with Gasteiger partial charge in [0.05, 0.1) is 18.3 Å². The summed E-state index contributed by atoms with van der Waals surface area (Å²) in [5.74, 6) is -1.01. The number of carbonyl (C=O) groups is 1.